The van der Waals surface area contributed by atoms with Crippen molar-refractivity contribution < 1.29 is 14.3 Å². The van der Waals surface area contributed by atoms with E-state index in [9.17, 15) is 9.59 Å². The van der Waals surface area contributed by atoms with Gasteiger partial charge in [-0.2, -0.15) is 0 Å². The van der Waals surface area contributed by atoms with Crippen LogP contribution in [0.4, 0.5) is 0 Å². The molecule has 0 N–H and O–H groups in total. The van der Waals surface area contributed by atoms with Gasteiger partial charge in [0, 0.05) is 33.0 Å². The Kier molecular flexibility index (Phi) is 5.45. The van der Waals surface area contributed by atoms with Crippen molar-refractivity contribution in [1.82, 2.24) is 4.90 Å². The predicted molar refractivity (Wildman–Crippen MR) is 74.6 cm³/mol. The Balaban J connectivity index is 3.09. The second-order valence-electron chi connectivity index (χ2n) is 4.48. The zero-order chi connectivity index (χ0) is 14.4. The van der Waals surface area contributed by atoms with Crippen LogP contribution in [0, 0.1) is 0 Å². The molecule has 0 saturated carbocycles. The molecule has 19 heavy (non-hydrogen) atoms. The molecule has 102 valence electrons. The lowest BCUT2D eigenvalue weighted by atomic mass is 10.0. The Morgan fingerprint density at radius 1 is 1.26 bits per heavy atom. The number of nitrogens with zero attached hydrogens (tertiary/aromatic N) is 1. The average Bonchev–Trinajstić information content (AvgIpc) is 2.38. The summed E-state index contributed by atoms with van der Waals surface area (Å²) in [4.78, 5) is 24.3. The number of ketones is 1. The zero-order valence-corrected chi connectivity index (χ0v) is 11.7. The monoisotopic (exact) mass is 261 g/mol. The highest BCUT2D eigenvalue weighted by molar-refractivity contribution is 6.19. The number of hydrogen-bond acceptors (Lipinski definition) is 4. The van der Waals surface area contributed by atoms with Crippen molar-refractivity contribution in [2.24, 2.45) is 0 Å². The molecule has 1 unspecified atom stereocenters. The van der Waals surface area contributed by atoms with Gasteiger partial charge in [0.15, 0.2) is 12.1 Å². The zero-order valence-electron chi connectivity index (χ0n) is 11.7. The minimum atomic E-state index is -0.562. The molecule has 0 aliphatic rings. The van der Waals surface area contributed by atoms with Gasteiger partial charge in [0.25, 0.3) is 0 Å². The summed E-state index contributed by atoms with van der Waals surface area (Å²) in [5.74, 6) is 0.000119. The quantitative estimate of drug-likeness (QED) is 0.581. The van der Waals surface area contributed by atoms with Crippen LogP contribution in [0.3, 0.4) is 0 Å². The molecular weight excluding hydrogens is 242 g/mol. The molecule has 0 aliphatic heterocycles. The van der Waals surface area contributed by atoms with Crippen molar-refractivity contribution in [2.75, 3.05) is 21.2 Å². The minimum absolute atomic E-state index is 0.000119. The fraction of sp³-hybridized carbons (Fsp3) is 0.333. The van der Waals surface area contributed by atoms with Gasteiger partial charge in [0.1, 0.15) is 6.10 Å². The Hall–Kier alpha value is -1.94. The van der Waals surface area contributed by atoms with Crippen molar-refractivity contribution in [3.63, 3.8) is 0 Å². The van der Waals surface area contributed by atoms with Gasteiger partial charge in [-0.15, -0.1) is 0 Å². The maximum atomic E-state index is 11.6. The Morgan fingerprint density at radius 2 is 1.84 bits per heavy atom. The molecule has 1 rings (SSSR count). The summed E-state index contributed by atoms with van der Waals surface area (Å²) < 4.78 is 5.04. The van der Waals surface area contributed by atoms with Gasteiger partial charge in [0.2, 0.25) is 0 Å². The number of methoxy groups -OCH3 is 1. The van der Waals surface area contributed by atoms with Gasteiger partial charge in [-0.1, -0.05) is 24.3 Å². The van der Waals surface area contributed by atoms with E-state index >= 15 is 0 Å². The molecule has 4 heteroatoms. The Bertz CT molecular complexity index is 475. The van der Waals surface area contributed by atoms with Crippen LogP contribution in [-0.4, -0.2) is 38.2 Å². The van der Waals surface area contributed by atoms with Gasteiger partial charge < -0.3 is 14.4 Å². The lowest BCUT2D eigenvalue weighted by Gasteiger charge is -2.12. The molecule has 0 spiro atoms. The van der Waals surface area contributed by atoms with Crippen molar-refractivity contribution >= 4 is 17.6 Å². The van der Waals surface area contributed by atoms with Crippen molar-refractivity contribution in [3.8, 4) is 0 Å². The molecular formula is C15H19NO3. The lowest BCUT2D eigenvalue weighted by Crippen LogP contribution is -2.07. The summed E-state index contributed by atoms with van der Waals surface area (Å²) in [6, 6.07) is 7.23. The van der Waals surface area contributed by atoms with E-state index < -0.39 is 6.10 Å². The van der Waals surface area contributed by atoms with Crippen molar-refractivity contribution in [1.29, 1.82) is 0 Å². The summed E-state index contributed by atoms with van der Waals surface area (Å²) >= 11 is 0. The van der Waals surface area contributed by atoms with E-state index in [1.54, 1.807) is 18.3 Å². The molecule has 1 aromatic carbocycles. The van der Waals surface area contributed by atoms with Crippen molar-refractivity contribution in [3.05, 3.63) is 41.6 Å². The van der Waals surface area contributed by atoms with Crippen LogP contribution >= 0.6 is 0 Å². The Labute approximate surface area is 113 Å². The summed E-state index contributed by atoms with van der Waals surface area (Å²) in [6.07, 6.45) is 1.97. The molecule has 0 radical (unpaired) electrons. The van der Waals surface area contributed by atoms with Crippen LogP contribution in [0.5, 0.6) is 0 Å². The van der Waals surface area contributed by atoms with Gasteiger partial charge in [0.05, 0.1) is 0 Å². The van der Waals surface area contributed by atoms with Crippen LogP contribution in [0.2, 0.25) is 0 Å². The van der Waals surface area contributed by atoms with Gasteiger partial charge in [-0.05, 0) is 18.1 Å². The van der Waals surface area contributed by atoms with Gasteiger partial charge >= 0.3 is 0 Å². The first-order valence-electron chi connectivity index (χ1n) is 5.97. The van der Waals surface area contributed by atoms with E-state index in [0.29, 0.717) is 5.57 Å². The second-order valence-corrected chi connectivity index (χ2v) is 4.48. The van der Waals surface area contributed by atoms with Crippen molar-refractivity contribution in [2.45, 2.75) is 13.0 Å². The number of ether oxygens (including phenoxy) is 1. The van der Waals surface area contributed by atoms with Crippen LogP contribution in [0.25, 0.3) is 5.57 Å². The largest absolute Gasteiger partial charge is 0.383 e. The molecule has 0 aliphatic carbocycles. The lowest BCUT2D eigenvalue weighted by molar-refractivity contribution is -0.116. The van der Waals surface area contributed by atoms with Gasteiger partial charge in [-0.25, -0.2) is 0 Å². The highest BCUT2D eigenvalue weighted by Crippen LogP contribution is 2.20. The first-order chi connectivity index (χ1) is 8.99. The maximum Gasteiger partial charge on any atom is 0.161 e. The number of rotatable bonds is 6. The van der Waals surface area contributed by atoms with E-state index in [-0.39, 0.29) is 5.78 Å². The third kappa shape index (κ3) is 4.03. The fourth-order valence-corrected chi connectivity index (χ4v) is 1.75. The van der Waals surface area contributed by atoms with E-state index in [4.69, 9.17) is 4.74 Å². The molecule has 1 aromatic rings. The minimum Gasteiger partial charge on any atom is -0.383 e. The summed E-state index contributed by atoms with van der Waals surface area (Å²) in [6.45, 7) is 1.53. The van der Waals surface area contributed by atoms with Crippen LogP contribution in [0.15, 0.2) is 30.5 Å². The normalized spacial score (nSPS) is 12.9. The first-order valence-corrected chi connectivity index (χ1v) is 5.97. The molecule has 0 aromatic heterocycles. The maximum absolute atomic E-state index is 11.6. The molecule has 4 nitrogen and oxygen atoms in total. The van der Waals surface area contributed by atoms with Gasteiger partial charge in [-0.3, -0.25) is 4.79 Å². The topological polar surface area (TPSA) is 46.6 Å². The molecule has 0 amide bonds. The van der Waals surface area contributed by atoms with E-state index in [0.717, 1.165) is 17.4 Å². The standard InChI is InChI=1S/C15H19NO3/c1-11(18)14(9-16(2)3)12-5-7-13(8-6-12)15(10-17)19-4/h5-10,15H,1-4H3. The molecule has 1 atom stereocenters. The van der Waals surface area contributed by atoms with Crippen LogP contribution in [0.1, 0.15) is 24.2 Å². The first kappa shape index (κ1) is 15.1. The molecule has 0 bridgehead atoms. The number of carbonyl (C=O) groups excluding carboxylic acids is 2. The summed E-state index contributed by atoms with van der Waals surface area (Å²) in [5, 5.41) is 0. The highest BCUT2D eigenvalue weighted by atomic mass is 16.5. The second kappa shape index (κ2) is 6.85. The van der Waals surface area contributed by atoms with Crippen LogP contribution in [-0.2, 0) is 14.3 Å². The summed E-state index contributed by atoms with van der Waals surface area (Å²) in [5.41, 5.74) is 2.23. The smallest absolute Gasteiger partial charge is 0.161 e. The number of aldehydes is 1. The number of Topliss-reactive ketones (excluding diaryl/α,β-unsaturated/α-hetero) is 1. The van der Waals surface area contributed by atoms with E-state index in [2.05, 4.69) is 0 Å². The molecule has 0 saturated heterocycles. The Morgan fingerprint density at radius 3 is 2.21 bits per heavy atom. The van der Waals surface area contributed by atoms with E-state index in [1.165, 1.54) is 14.0 Å². The van der Waals surface area contributed by atoms with Crippen LogP contribution < -0.4 is 0 Å². The fourth-order valence-electron chi connectivity index (χ4n) is 1.75. The average molecular weight is 261 g/mol. The number of carbonyl (C=O) groups is 2. The SMILES string of the molecule is COC(C=O)c1ccc(C(=CN(C)C)C(C)=O)cc1. The number of benzene rings is 1. The highest BCUT2D eigenvalue weighted by Gasteiger charge is 2.11. The number of hydrogen-bond donors (Lipinski definition) is 0. The predicted octanol–water partition coefficient (Wildman–Crippen LogP) is 2.06. The summed E-state index contributed by atoms with van der Waals surface area (Å²) in [7, 11) is 5.22. The third-order valence-electron chi connectivity index (χ3n) is 2.69. The molecule has 0 fully saturated rings. The number of allylic oxidation sites excluding steroid dienone is 1. The van der Waals surface area contributed by atoms with E-state index in [1.807, 2.05) is 31.1 Å². The molecule has 0 heterocycles. The third-order valence-corrected chi connectivity index (χ3v) is 2.69.